The van der Waals surface area contributed by atoms with E-state index in [0.717, 1.165) is 0 Å². The lowest BCUT2D eigenvalue weighted by atomic mass is 9.95. The Kier molecular flexibility index (Phi) is 3.53. The minimum absolute atomic E-state index is 0.0780. The fourth-order valence-corrected chi connectivity index (χ4v) is 2.20. The van der Waals surface area contributed by atoms with Gasteiger partial charge in [0.05, 0.1) is 9.85 Å². The first-order valence-corrected chi connectivity index (χ1v) is 5.67. The topological polar surface area (TPSA) is 255 Å². The molecule has 0 aromatic rings. The number of hydrazine groups is 4. The van der Waals surface area contributed by atoms with Crippen molar-refractivity contribution in [3.05, 3.63) is 64.3 Å². The van der Waals surface area contributed by atoms with Gasteiger partial charge >= 0.3 is 23.0 Å². The van der Waals surface area contributed by atoms with Crippen molar-refractivity contribution in [2.75, 3.05) is 0 Å². The lowest BCUT2D eigenvalue weighted by molar-refractivity contribution is -0.679. The second-order valence-corrected chi connectivity index (χ2v) is 4.53. The fourth-order valence-electron chi connectivity index (χ4n) is 2.20. The smallest absolute Gasteiger partial charge is 0.358 e. The zero-order valence-electron chi connectivity index (χ0n) is 11.3. The molecule has 0 fully saturated rings. The van der Waals surface area contributed by atoms with Gasteiger partial charge in [-0.2, -0.15) is 11.7 Å². The summed E-state index contributed by atoms with van der Waals surface area (Å²) in [7, 11) is 0. The molecule has 0 aliphatic carbocycles. The quantitative estimate of drug-likeness (QED) is 0.214. The van der Waals surface area contributed by atoms with Crippen LogP contribution in [0.4, 0.5) is 0 Å². The van der Waals surface area contributed by atoms with Crippen LogP contribution in [-0.2, 0) is 0 Å². The number of hydrogen-bond acceptors (Lipinski definition) is 14. The highest BCUT2D eigenvalue weighted by molar-refractivity contribution is 5.25. The summed E-state index contributed by atoms with van der Waals surface area (Å²) in [6.07, 6.45) is 0.492. The van der Waals surface area contributed by atoms with Crippen molar-refractivity contribution in [1.82, 2.24) is 21.1 Å². The number of hydrogen-bond donors (Lipinski definition) is 4. The third-order valence-electron chi connectivity index (χ3n) is 3.28. The molecule has 6 N–H and O–H groups in total. The van der Waals surface area contributed by atoms with E-state index in [1.807, 2.05) is 0 Å². The van der Waals surface area contributed by atoms with Crippen LogP contribution in [0.1, 0.15) is 0 Å². The van der Waals surface area contributed by atoms with Gasteiger partial charge in [-0.15, -0.1) is 0 Å². The Morgan fingerprint density at radius 1 is 0.792 bits per heavy atom. The van der Waals surface area contributed by atoms with Crippen LogP contribution in [0, 0.1) is 40.5 Å². The molecule has 2 aliphatic rings. The number of rotatable bonds is 5. The molecule has 2 heterocycles. The molecule has 0 spiro atoms. The Balaban J connectivity index is 2.75. The van der Waals surface area contributed by atoms with Gasteiger partial charge in [-0.1, -0.05) is 21.1 Å². The van der Waals surface area contributed by atoms with E-state index >= 15 is 0 Å². The molecule has 0 bridgehead atoms. The molecule has 0 amide bonds. The van der Waals surface area contributed by atoms with Gasteiger partial charge < -0.3 is 20.2 Å². The maximum absolute atomic E-state index is 11.5. The molecule has 0 radical (unpaired) electrons. The van der Waals surface area contributed by atoms with E-state index in [9.17, 15) is 40.5 Å². The van der Waals surface area contributed by atoms with Crippen LogP contribution in [0.25, 0.3) is 0 Å². The van der Waals surface area contributed by atoms with Crippen LogP contribution in [0.5, 0.6) is 0 Å². The second-order valence-electron chi connectivity index (χ2n) is 4.53. The van der Waals surface area contributed by atoms with Crippen LogP contribution in [0.3, 0.4) is 0 Å². The number of nitrogens with one attached hydrogen (secondary N) is 2. The average molecular weight is 348 g/mol. The minimum atomic E-state index is -3.08. The number of nitrogens with zero attached hydrogens (tertiary/aromatic N) is 6. The van der Waals surface area contributed by atoms with Gasteiger partial charge in [0, 0.05) is 0 Å². The van der Waals surface area contributed by atoms with Crippen molar-refractivity contribution in [2.24, 2.45) is 11.7 Å². The fraction of sp³-hybridized carbons (Fsp3) is 0.333. The van der Waals surface area contributed by atoms with E-state index in [1.54, 1.807) is 10.9 Å². The highest BCUT2D eigenvalue weighted by Crippen LogP contribution is 2.36. The van der Waals surface area contributed by atoms with Crippen molar-refractivity contribution < 1.29 is 19.7 Å². The highest BCUT2D eigenvalue weighted by atomic mass is 16.7. The first kappa shape index (κ1) is 16.9. The number of nitro groups is 4. The van der Waals surface area contributed by atoms with Gasteiger partial charge in [-0.25, -0.2) is 0 Å². The monoisotopic (exact) mass is 348 g/mol. The Labute approximate surface area is 129 Å². The summed E-state index contributed by atoms with van der Waals surface area (Å²) in [6.45, 7) is 0. The minimum Gasteiger partial charge on any atom is -0.358 e. The van der Waals surface area contributed by atoms with E-state index in [1.165, 1.54) is 0 Å². The van der Waals surface area contributed by atoms with E-state index < -0.39 is 42.7 Å². The van der Waals surface area contributed by atoms with Gasteiger partial charge in [-0.3, -0.25) is 20.2 Å². The molecule has 2 atom stereocenters. The Hall–Kier alpha value is -3.48. The molecule has 0 saturated carbocycles. The van der Waals surface area contributed by atoms with Gasteiger partial charge in [0.15, 0.2) is 0 Å². The summed E-state index contributed by atoms with van der Waals surface area (Å²) in [5.41, 5.74) is -2.63. The van der Waals surface area contributed by atoms with Crippen molar-refractivity contribution in [1.29, 1.82) is 0 Å². The average Bonchev–Trinajstić information content (AvgIpc) is 2.98. The first-order chi connectivity index (χ1) is 11.0. The van der Waals surface area contributed by atoms with E-state index in [2.05, 4.69) is 0 Å². The molecule has 0 saturated heterocycles. The lowest BCUT2D eigenvalue weighted by Gasteiger charge is -2.26. The molecule has 2 rings (SSSR count). The normalized spacial score (nSPS) is 29.2. The summed E-state index contributed by atoms with van der Waals surface area (Å²) in [6, 6.07) is 0. The highest BCUT2D eigenvalue weighted by Gasteiger charge is 2.80. The van der Waals surface area contributed by atoms with Gasteiger partial charge in [0.2, 0.25) is 0 Å². The Morgan fingerprint density at radius 3 is 1.25 bits per heavy atom. The predicted molar refractivity (Wildman–Crippen MR) is 67.9 cm³/mol. The summed E-state index contributed by atoms with van der Waals surface area (Å²) < 4.78 is 0. The Morgan fingerprint density at radius 2 is 1.08 bits per heavy atom. The molecule has 130 valence electrons. The van der Waals surface area contributed by atoms with Crippen molar-refractivity contribution in [3.8, 4) is 0 Å². The molecule has 24 heavy (non-hydrogen) atoms. The summed E-state index contributed by atoms with van der Waals surface area (Å²) in [5, 5.41) is 44.9. The molecule has 2 unspecified atom stereocenters. The van der Waals surface area contributed by atoms with Crippen molar-refractivity contribution >= 4 is 0 Å². The van der Waals surface area contributed by atoms with Gasteiger partial charge in [-0.05, 0) is 9.85 Å². The molecular weight excluding hydrogens is 340 g/mol. The SMILES string of the molecule is NN1NC([N+](=O)[O-])(C2([N+](=O)[O-])C=C([N+](=O)[O-])N(N)N2)C=C1[N+](=O)[O-]. The van der Waals surface area contributed by atoms with Crippen LogP contribution in [0.15, 0.2) is 23.8 Å². The zero-order chi connectivity index (χ0) is 18.4. The summed E-state index contributed by atoms with van der Waals surface area (Å²) in [4.78, 5) is 39.8. The largest absolute Gasteiger partial charge is 0.426 e. The van der Waals surface area contributed by atoms with Gasteiger partial charge in [0.25, 0.3) is 0 Å². The number of nitrogens with two attached hydrogens (primary N) is 2. The van der Waals surface area contributed by atoms with Crippen LogP contribution in [0.2, 0.25) is 0 Å². The standard InChI is InChI=1S/C6H8N10O8/c7-11-3(13(17)18)1-5(9-11,15(21)22)6(16(23)24)2-4(14(19)20)12(8)10-6/h1-2,9-10H,7-8H2. The zero-order valence-corrected chi connectivity index (χ0v) is 11.3. The summed E-state index contributed by atoms with van der Waals surface area (Å²) in [5.74, 6) is 8.25. The molecule has 18 heteroatoms. The third kappa shape index (κ3) is 1.98. The van der Waals surface area contributed by atoms with Crippen molar-refractivity contribution in [2.45, 2.75) is 11.3 Å². The molecular formula is C6H8N10O8. The van der Waals surface area contributed by atoms with Gasteiger partial charge in [0.1, 0.15) is 12.2 Å². The van der Waals surface area contributed by atoms with Crippen molar-refractivity contribution in [3.63, 3.8) is 0 Å². The maximum Gasteiger partial charge on any atom is 0.426 e. The molecule has 18 nitrogen and oxygen atoms in total. The second kappa shape index (κ2) is 5.02. The van der Waals surface area contributed by atoms with E-state index in [0.29, 0.717) is 0 Å². The predicted octanol–water partition coefficient (Wildman–Crippen LogP) is -3.44. The first-order valence-electron chi connectivity index (χ1n) is 5.67. The van der Waals surface area contributed by atoms with Crippen LogP contribution in [-0.4, -0.2) is 41.3 Å². The summed E-state index contributed by atoms with van der Waals surface area (Å²) >= 11 is 0. The third-order valence-corrected chi connectivity index (χ3v) is 3.28. The maximum atomic E-state index is 11.5. The molecule has 0 aromatic carbocycles. The molecule has 0 aromatic heterocycles. The Bertz CT molecular complexity index is 658. The van der Waals surface area contributed by atoms with Crippen LogP contribution >= 0.6 is 0 Å². The molecule has 2 aliphatic heterocycles. The van der Waals surface area contributed by atoms with E-state index in [4.69, 9.17) is 11.7 Å². The lowest BCUT2D eigenvalue weighted by Crippen LogP contribution is -2.75. The van der Waals surface area contributed by atoms with Crippen LogP contribution < -0.4 is 22.5 Å². The van der Waals surface area contributed by atoms with E-state index in [-0.39, 0.29) is 22.4 Å².